The van der Waals surface area contributed by atoms with Gasteiger partial charge in [-0.25, -0.2) is 4.79 Å². The standard InChI is InChI=1S/C12H20O2/c1-5-12(4)7-6-10(8-12)14-11(13)9(2)3/h10H,2,5-8H2,1,3-4H3. The summed E-state index contributed by atoms with van der Waals surface area (Å²) < 4.78 is 5.33. The van der Waals surface area contributed by atoms with Gasteiger partial charge in [-0.15, -0.1) is 0 Å². The van der Waals surface area contributed by atoms with Crippen LogP contribution in [0.2, 0.25) is 0 Å². The maximum absolute atomic E-state index is 11.3. The van der Waals surface area contributed by atoms with E-state index < -0.39 is 0 Å². The van der Waals surface area contributed by atoms with E-state index in [-0.39, 0.29) is 12.1 Å². The summed E-state index contributed by atoms with van der Waals surface area (Å²) in [5, 5.41) is 0. The van der Waals surface area contributed by atoms with E-state index in [2.05, 4.69) is 20.4 Å². The van der Waals surface area contributed by atoms with Crippen LogP contribution in [0.3, 0.4) is 0 Å². The Morgan fingerprint density at radius 3 is 2.71 bits per heavy atom. The minimum atomic E-state index is -0.240. The highest BCUT2D eigenvalue weighted by Gasteiger charge is 2.35. The first-order chi connectivity index (χ1) is 6.47. The highest BCUT2D eigenvalue weighted by Crippen LogP contribution is 2.41. The Morgan fingerprint density at radius 1 is 1.64 bits per heavy atom. The lowest BCUT2D eigenvalue weighted by atomic mass is 9.86. The second kappa shape index (κ2) is 4.16. The third-order valence-electron chi connectivity index (χ3n) is 3.27. The highest BCUT2D eigenvalue weighted by molar-refractivity contribution is 5.87. The molecule has 0 saturated heterocycles. The maximum Gasteiger partial charge on any atom is 0.333 e. The molecule has 2 heteroatoms. The summed E-state index contributed by atoms with van der Waals surface area (Å²) in [4.78, 5) is 11.3. The van der Waals surface area contributed by atoms with E-state index in [4.69, 9.17) is 4.74 Å². The average Bonchev–Trinajstić information content (AvgIpc) is 2.48. The van der Waals surface area contributed by atoms with Crippen molar-refractivity contribution in [3.05, 3.63) is 12.2 Å². The molecule has 0 aliphatic heterocycles. The normalized spacial score (nSPS) is 31.5. The van der Waals surface area contributed by atoms with Crippen LogP contribution in [0, 0.1) is 5.41 Å². The SMILES string of the molecule is C=C(C)C(=O)OC1CCC(C)(CC)C1. The summed E-state index contributed by atoms with van der Waals surface area (Å²) >= 11 is 0. The number of ether oxygens (including phenoxy) is 1. The van der Waals surface area contributed by atoms with Crippen LogP contribution in [0.1, 0.15) is 46.5 Å². The molecule has 0 radical (unpaired) electrons. The summed E-state index contributed by atoms with van der Waals surface area (Å²) in [5.74, 6) is -0.240. The van der Waals surface area contributed by atoms with Crippen LogP contribution in [0.15, 0.2) is 12.2 Å². The van der Waals surface area contributed by atoms with E-state index in [0.29, 0.717) is 11.0 Å². The number of hydrogen-bond acceptors (Lipinski definition) is 2. The highest BCUT2D eigenvalue weighted by atomic mass is 16.5. The average molecular weight is 196 g/mol. The van der Waals surface area contributed by atoms with Crippen molar-refractivity contribution in [2.75, 3.05) is 0 Å². The van der Waals surface area contributed by atoms with Crippen LogP contribution in [-0.2, 0) is 9.53 Å². The molecule has 1 aliphatic carbocycles. The molecule has 1 aliphatic rings. The molecule has 0 N–H and O–H groups in total. The number of esters is 1. The van der Waals surface area contributed by atoms with Crippen molar-refractivity contribution in [1.82, 2.24) is 0 Å². The number of rotatable bonds is 3. The lowest BCUT2D eigenvalue weighted by Crippen LogP contribution is -2.18. The number of hydrogen-bond donors (Lipinski definition) is 0. The summed E-state index contributed by atoms with van der Waals surface area (Å²) in [7, 11) is 0. The maximum atomic E-state index is 11.3. The predicted octanol–water partition coefficient (Wildman–Crippen LogP) is 3.07. The Hall–Kier alpha value is -0.790. The first kappa shape index (κ1) is 11.3. The summed E-state index contributed by atoms with van der Waals surface area (Å²) in [5.41, 5.74) is 0.870. The minimum Gasteiger partial charge on any atom is -0.459 e. The topological polar surface area (TPSA) is 26.3 Å². The van der Waals surface area contributed by atoms with Crippen LogP contribution >= 0.6 is 0 Å². The van der Waals surface area contributed by atoms with Gasteiger partial charge in [0.2, 0.25) is 0 Å². The Bertz CT molecular complexity index is 245. The Balaban J connectivity index is 2.44. The van der Waals surface area contributed by atoms with Gasteiger partial charge in [0.25, 0.3) is 0 Å². The summed E-state index contributed by atoms with van der Waals surface area (Å²) in [6.07, 6.45) is 4.45. The quantitative estimate of drug-likeness (QED) is 0.512. The van der Waals surface area contributed by atoms with Crippen LogP contribution in [0.4, 0.5) is 0 Å². The van der Waals surface area contributed by atoms with Gasteiger partial charge in [0.05, 0.1) is 0 Å². The van der Waals surface area contributed by atoms with Gasteiger partial charge in [0.1, 0.15) is 6.10 Å². The second-order valence-electron chi connectivity index (χ2n) is 4.71. The largest absolute Gasteiger partial charge is 0.459 e. The molecule has 0 amide bonds. The molecule has 1 fully saturated rings. The monoisotopic (exact) mass is 196 g/mol. The van der Waals surface area contributed by atoms with Gasteiger partial charge in [0.15, 0.2) is 0 Å². The van der Waals surface area contributed by atoms with Crippen molar-refractivity contribution < 1.29 is 9.53 Å². The van der Waals surface area contributed by atoms with Gasteiger partial charge < -0.3 is 4.74 Å². The van der Waals surface area contributed by atoms with E-state index in [0.717, 1.165) is 25.7 Å². The molecule has 14 heavy (non-hydrogen) atoms. The summed E-state index contributed by atoms with van der Waals surface area (Å²) in [6.45, 7) is 9.73. The fourth-order valence-corrected chi connectivity index (χ4v) is 1.94. The van der Waals surface area contributed by atoms with E-state index in [1.807, 2.05) is 0 Å². The first-order valence-electron chi connectivity index (χ1n) is 5.33. The molecule has 1 saturated carbocycles. The molecule has 2 unspecified atom stereocenters. The fourth-order valence-electron chi connectivity index (χ4n) is 1.94. The number of carbonyl (C=O) groups is 1. The molecule has 1 rings (SSSR count). The lowest BCUT2D eigenvalue weighted by molar-refractivity contribution is -0.144. The van der Waals surface area contributed by atoms with Gasteiger partial charge >= 0.3 is 5.97 Å². The van der Waals surface area contributed by atoms with Crippen molar-refractivity contribution in [2.24, 2.45) is 5.41 Å². The molecule has 2 nitrogen and oxygen atoms in total. The lowest BCUT2D eigenvalue weighted by Gasteiger charge is -2.21. The Labute approximate surface area is 86.3 Å². The second-order valence-corrected chi connectivity index (χ2v) is 4.71. The predicted molar refractivity (Wildman–Crippen MR) is 56.9 cm³/mol. The van der Waals surface area contributed by atoms with Crippen molar-refractivity contribution >= 4 is 5.97 Å². The molecule has 0 aromatic carbocycles. The van der Waals surface area contributed by atoms with Crippen LogP contribution in [-0.4, -0.2) is 12.1 Å². The molecular weight excluding hydrogens is 176 g/mol. The molecule has 0 bridgehead atoms. The fraction of sp³-hybridized carbons (Fsp3) is 0.750. The zero-order valence-corrected chi connectivity index (χ0v) is 9.43. The van der Waals surface area contributed by atoms with Gasteiger partial charge in [-0.3, -0.25) is 0 Å². The van der Waals surface area contributed by atoms with Crippen LogP contribution in [0.5, 0.6) is 0 Å². The third-order valence-corrected chi connectivity index (χ3v) is 3.27. The zero-order valence-electron chi connectivity index (χ0n) is 9.43. The molecule has 0 aromatic rings. The third kappa shape index (κ3) is 2.60. The van der Waals surface area contributed by atoms with Gasteiger partial charge in [-0.1, -0.05) is 26.8 Å². The van der Waals surface area contributed by atoms with Crippen molar-refractivity contribution in [3.8, 4) is 0 Å². The first-order valence-corrected chi connectivity index (χ1v) is 5.33. The Kier molecular flexibility index (Phi) is 3.35. The number of carbonyl (C=O) groups excluding carboxylic acids is 1. The van der Waals surface area contributed by atoms with Gasteiger partial charge in [-0.05, 0) is 31.6 Å². The van der Waals surface area contributed by atoms with Crippen LogP contribution < -0.4 is 0 Å². The molecule has 0 spiro atoms. The van der Waals surface area contributed by atoms with Gasteiger partial charge in [0, 0.05) is 5.57 Å². The summed E-state index contributed by atoms with van der Waals surface area (Å²) in [6, 6.07) is 0. The van der Waals surface area contributed by atoms with Crippen molar-refractivity contribution in [1.29, 1.82) is 0 Å². The minimum absolute atomic E-state index is 0.115. The molecule has 0 aromatic heterocycles. The molecule has 2 atom stereocenters. The van der Waals surface area contributed by atoms with Crippen molar-refractivity contribution in [2.45, 2.75) is 52.6 Å². The van der Waals surface area contributed by atoms with Gasteiger partial charge in [-0.2, -0.15) is 0 Å². The molecular formula is C12H20O2. The van der Waals surface area contributed by atoms with Crippen LogP contribution in [0.25, 0.3) is 0 Å². The van der Waals surface area contributed by atoms with E-state index in [1.54, 1.807) is 6.92 Å². The zero-order chi connectivity index (χ0) is 10.8. The Morgan fingerprint density at radius 2 is 2.29 bits per heavy atom. The molecule has 80 valence electrons. The van der Waals surface area contributed by atoms with E-state index >= 15 is 0 Å². The molecule has 0 heterocycles. The van der Waals surface area contributed by atoms with E-state index in [9.17, 15) is 4.79 Å². The van der Waals surface area contributed by atoms with Crippen molar-refractivity contribution in [3.63, 3.8) is 0 Å². The van der Waals surface area contributed by atoms with E-state index in [1.165, 1.54) is 0 Å². The smallest absolute Gasteiger partial charge is 0.333 e.